The Morgan fingerprint density at radius 3 is 2.13 bits per heavy atom. The molecule has 0 aliphatic heterocycles. The SMILES string of the molecule is Cc1cc(C)n(-c2cccc(Oc3cccc(-n4cc(-c5ccccc5)cn4)c3)c2)n1. The van der Waals surface area contributed by atoms with Crippen LogP contribution in [0.3, 0.4) is 0 Å². The maximum atomic E-state index is 6.16. The molecule has 31 heavy (non-hydrogen) atoms. The van der Waals surface area contributed by atoms with Crippen molar-refractivity contribution in [2.75, 3.05) is 0 Å². The van der Waals surface area contributed by atoms with Crippen molar-refractivity contribution < 1.29 is 4.74 Å². The maximum Gasteiger partial charge on any atom is 0.129 e. The molecule has 0 amide bonds. The van der Waals surface area contributed by atoms with Crippen LogP contribution in [-0.2, 0) is 0 Å². The first kappa shape index (κ1) is 18.9. The number of aromatic nitrogens is 4. The Labute approximate surface area is 181 Å². The zero-order chi connectivity index (χ0) is 21.2. The maximum absolute atomic E-state index is 6.16. The molecule has 0 aliphatic rings. The van der Waals surface area contributed by atoms with E-state index in [1.165, 1.54) is 0 Å². The summed E-state index contributed by atoms with van der Waals surface area (Å²) in [4.78, 5) is 0. The van der Waals surface area contributed by atoms with Gasteiger partial charge >= 0.3 is 0 Å². The predicted molar refractivity (Wildman–Crippen MR) is 122 cm³/mol. The van der Waals surface area contributed by atoms with Gasteiger partial charge in [0.05, 0.1) is 23.3 Å². The first-order chi connectivity index (χ1) is 15.2. The standard InChI is InChI=1S/C26H22N4O/c1-19-14-20(2)30(28-19)24-11-7-13-26(16-24)31-25-12-6-10-23(15-25)29-18-22(17-27-29)21-8-4-3-5-9-21/h3-18H,1-2H3. The number of hydrogen-bond acceptors (Lipinski definition) is 3. The third kappa shape index (κ3) is 3.98. The Balaban J connectivity index is 1.40. The highest BCUT2D eigenvalue weighted by molar-refractivity contribution is 5.62. The molecule has 0 unspecified atom stereocenters. The molecule has 2 aromatic heterocycles. The molecule has 0 saturated carbocycles. The minimum Gasteiger partial charge on any atom is -0.457 e. The lowest BCUT2D eigenvalue weighted by molar-refractivity contribution is 0.481. The summed E-state index contributed by atoms with van der Waals surface area (Å²) in [5, 5.41) is 9.09. The summed E-state index contributed by atoms with van der Waals surface area (Å²) in [5.41, 5.74) is 6.20. The van der Waals surface area contributed by atoms with Gasteiger partial charge in [-0.15, -0.1) is 0 Å². The smallest absolute Gasteiger partial charge is 0.129 e. The van der Waals surface area contributed by atoms with Crippen LogP contribution in [0.2, 0.25) is 0 Å². The fraction of sp³-hybridized carbons (Fsp3) is 0.0769. The van der Waals surface area contributed by atoms with Crippen molar-refractivity contribution in [2.24, 2.45) is 0 Å². The van der Waals surface area contributed by atoms with Crippen LogP contribution >= 0.6 is 0 Å². The van der Waals surface area contributed by atoms with E-state index in [2.05, 4.69) is 28.4 Å². The van der Waals surface area contributed by atoms with E-state index in [1.54, 1.807) is 0 Å². The van der Waals surface area contributed by atoms with E-state index in [9.17, 15) is 0 Å². The molecule has 0 saturated heterocycles. The third-order valence-corrected chi connectivity index (χ3v) is 5.08. The van der Waals surface area contributed by atoms with Crippen LogP contribution in [0.4, 0.5) is 0 Å². The van der Waals surface area contributed by atoms with E-state index >= 15 is 0 Å². The van der Waals surface area contributed by atoms with E-state index < -0.39 is 0 Å². The van der Waals surface area contributed by atoms with Gasteiger partial charge in [0.15, 0.2) is 0 Å². The first-order valence-corrected chi connectivity index (χ1v) is 10.2. The highest BCUT2D eigenvalue weighted by atomic mass is 16.5. The van der Waals surface area contributed by atoms with Crippen LogP contribution in [0.5, 0.6) is 11.5 Å². The molecular weight excluding hydrogens is 384 g/mol. The molecule has 0 aliphatic carbocycles. The largest absolute Gasteiger partial charge is 0.457 e. The lowest BCUT2D eigenvalue weighted by Gasteiger charge is -2.10. The Hall–Kier alpha value is -4.12. The second-order valence-electron chi connectivity index (χ2n) is 7.48. The van der Waals surface area contributed by atoms with Gasteiger partial charge in [-0.3, -0.25) is 0 Å². The van der Waals surface area contributed by atoms with Crippen molar-refractivity contribution in [3.05, 3.63) is 109 Å². The van der Waals surface area contributed by atoms with E-state index in [4.69, 9.17) is 4.74 Å². The summed E-state index contributed by atoms with van der Waals surface area (Å²) >= 11 is 0. The minimum atomic E-state index is 0.750. The minimum absolute atomic E-state index is 0.750. The van der Waals surface area contributed by atoms with Gasteiger partial charge < -0.3 is 4.74 Å². The Bertz CT molecular complexity index is 1330. The molecule has 0 atom stereocenters. The first-order valence-electron chi connectivity index (χ1n) is 10.2. The van der Waals surface area contributed by atoms with Crippen molar-refractivity contribution in [3.63, 3.8) is 0 Å². The monoisotopic (exact) mass is 406 g/mol. The molecule has 0 spiro atoms. The van der Waals surface area contributed by atoms with Crippen LogP contribution in [0, 0.1) is 13.8 Å². The number of nitrogens with zero attached hydrogens (tertiary/aromatic N) is 4. The van der Waals surface area contributed by atoms with E-state index in [0.717, 1.165) is 45.4 Å². The van der Waals surface area contributed by atoms with Gasteiger partial charge in [0.1, 0.15) is 11.5 Å². The molecule has 0 N–H and O–H groups in total. The summed E-state index contributed by atoms with van der Waals surface area (Å²) in [6.45, 7) is 4.04. The van der Waals surface area contributed by atoms with Gasteiger partial charge in [0, 0.05) is 29.6 Å². The van der Waals surface area contributed by atoms with Crippen LogP contribution in [-0.4, -0.2) is 19.6 Å². The highest BCUT2D eigenvalue weighted by Gasteiger charge is 2.07. The highest BCUT2D eigenvalue weighted by Crippen LogP contribution is 2.27. The molecule has 5 heteroatoms. The number of hydrogen-bond donors (Lipinski definition) is 0. The molecule has 0 radical (unpaired) electrons. The van der Waals surface area contributed by atoms with Crippen LogP contribution in [0.1, 0.15) is 11.4 Å². The molecule has 3 aromatic carbocycles. The summed E-state index contributed by atoms with van der Waals surface area (Å²) in [5.74, 6) is 1.51. The summed E-state index contributed by atoms with van der Waals surface area (Å²) < 4.78 is 9.95. The van der Waals surface area contributed by atoms with Gasteiger partial charge in [-0.1, -0.05) is 42.5 Å². The molecule has 152 valence electrons. The Kier molecular flexibility index (Phi) is 4.84. The van der Waals surface area contributed by atoms with E-state index in [-0.39, 0.29) is 0 Å². The van der Waals surface area contributed by atoms with Crippen molar-refractivity contribution >= 4 is 0 Å². The van der Waals surface area contributed by atoms with Gasteiger partial charge in [0.2, 0.25) is 0 Å². The van der Waals surface area contributed by atoms with Gasteiger partial charge in [0.25, 0.3) is 0 Å². The fourth-order valence-electron chi connectivity index (χ4n) is 3.64. The van der Waals surface area contributed by atoms with E-state index in [1.807, 2.05) is 102 Å². The average molecular weight is 406 g/mol. The van der Waals surface area contributed by atoms with Gasteiger partial charge in [-0.05, 0) is 49.7 Å². The van der Waals surface area contributed by atoms with Crippen LogP contribution in [0.25, 0.3) is 22.5 Å². The number of aryl methyl sites for hydroxylation is 2. The molecule has 5 rings (SSSR count). The third-order valence-electron chi connectivity index (χ3n) is 5.08. The molecule has 0 bridgehead atoms. The average Bonchev–Trinajstić information content (AvgIpc) is 3.41. The van der Waals surface area contributed by atoms with Gasteiger partial charge in [-0.25, -0.2) is 9.36 Å². The van der Waals surface area contributed by atoms with Crippen molar-refractivity contribution in [1.29, 1.82) is 0 Å². The zero-order valence-electron chi connectivity index (χ0n) is 17.4. The molecule has 5 nitrogen and oxygen atoms in total. The zero-order valence-corrected chi connectivity index (χ0v) is 17.4. The molecule has 2 heterocycles. The number of benzene rings is 3. The Morgan fingerprint density at radius 1 is 0.710 bits per heavy atom. The number of rotatable bonds is 5. The Morgan fingerprint density at radius 2 is 1.42 bits per heavy atom. The van der Waals surface area contributed by atoms with Crippen LogP contribution < -0.4 is 4.74 Å². The molecular formula is C26H22N4O. The normalized spacial score (nSPS) is 10.9. The molecule has 5 aromatic rings. The topological polar surface area (TPSA) is 44.9 Å². The van der Waals surface area contributed by atoms with Crippen molar-refractivity contribution in [2.45, 2.75) is 13.8 Å². The quantitative estimate of drug-likeness (QED) is 0.352. The second kappa shape index (κ2) is 7.95. The molecule has 0 fully saturated rings. The van der Waals surface area contributed by atoms with Crippen LogP contribution in [0.15, 0.2) is 97.3 Å². The summed E-state index contributed by atoms with van der Waals surface area (Å²) in [6.07, 6.45) is 3.90. The van der Waals surface area contributed by atoms with Crippen molar-refractivity contribution in [1.82, 2.24) is 19.6 Å². The lowest BCUT2D eigenvalue weighted by atomic mass is 10.1. The second-order valence-corrected chi connectivity index (χ2v) is 7.48. The number of ether oxygens (including phenoxy) is 1. The van der Waals surface area contributed by atoms with E-state index in [0.29, 0.717) is 0 Å². The van der Waals surface area contributed by atoms with Crippen molar-refractivity contribution in [3.8, 4) is 34.0 Å². The fourth-order valence-corrected chi connectivity index (χ4v) is 3.64. The predicted octanol–water partition coefficient (Wildman–Crippen LogP) is 6.13. The lowest BCUT2D eigenvalue weighted by Crippen LogP contribution is -1.99. The summed E-state index contributed by atoms with van der Waals surface area (Å²) in [6, 6.07) is 28.2. The van der Waals surface area contributed by atoms with Gasteiger partial charge in [-0.2, -0.15) is 10.2 Å². The summed E-state index contributed by atoms with van der Waals surface area (Å²) in [7, 11) is 0.